The molecule has 1 heterocycles. The van der Waals surface area contributed by atoms with Gasteiger partial charge in [0.25, 0.3) is 0 Å². The molecule has 4 unspecified atom stereocenters. The van der Waals surface area contributed by atoms with Crippen LogP contribution in [-0.2, 0) is 19.1 Å². The molecule has 0 aromatic heterocycles. The average Bonchev–Trinajstić information content (AvgIpc) is 2.51. The summed E-state index contributed by atoms with van der Waals surface area (Å²) in [5.41, 5.74) is -0.503. The van der Waals surface area contributed by atoms with E-state index in [1.54, 1.807) is 0 Å². The van der Waals surface area contributed by atoms with Gasteiger partial charge in [-0.05, 0) is 32.1 Å². The maximum Gasteiger partial charge on any atom is 0.311 e. The molecule has 0 aromatic carbocycles. The second kappa shape index (κ2) is 8.64. The van der Waals surface area contributed by atoms with Crippen molar-refractivity contribution < 1.29 is 24.2 Å². The summed E-state index contributed by atoms with van der Waals surface area (Å²) in [4.78, 5) is 23.7. The molecule has 6 heteroatoms. The van der Waals surface area contributed by atoms with Gasteiger partial charge in [0.1, 0.15) is 6.61 Å². The largest absolute Gasteiger partial charge is 0.463 e. The van der Waals surface area contributed by atoms with Gasteiger partial charge >= 0.3 is 5.97 Å². The van der Waals surface area contributed by atoms with Crippen molar-refractivity contribution in [3.8, 4) is 0 Å². The molecule has 1 saturated heterocycles. The minimum Gasteiger partial charge on any atom is -0.463 e. The van der Waals surface area contributed by atoms with Crippen molar-refractivity contribution in [3.05, 3.63) is 0 Å². The molecule has 6 nitrogen and oxygen atoms in total. The Morgan fingerprint density at radius 1 is 1.35 bits per heavy atom. The first-order chi connectivity index (χ1) is 10.7. The Labute approximate surface area is 138 Å². The highest BCUT2D eigenvalue weighted by Crippen LogP contribution is 2.27. The number of ether oxygens (including phenoxy) is 2. The van der Waals surface area contributed by atoms with Gasteiger partial charge in [0.15, 0.2) is 0 Å². The van der Waals surface area contributed by atoms with Crippen LogP contribution in [0.4, 0.5) is 0 Å². The number of nitrogens with one attached hydrogen (secondary N) is 1. The Balaban J connectivity index is 2.26. The molecule has 0 aromatic rings. The topological polar surface area (TPSA) is 84.9 Å². The first kappa shape index (κ1) is 19.9. The van der Waals surface area contributed by atoms with E-state index in [2.05, 4.69) is 5.32 Å². The van der Waals surface area contributed by atoms with Crippen LogP contribution in [0.1, 0.15) is 47.5 Å². The number of rotatable bonds is 7. The highest BCUT2D eigenvalue weighted by Gasteiger charge is 2.35. The van der Waals surface area contributed by atoms with Crippen molar-refractivity contribution in [1.82, 2.24) is 5.32 Å². The number of hydrogen-bond donors (Lipinski definition) is 2. The maximum atomic E-state index is 11.9. The van der Waals surface area contributed by atoms with E-state index >= 15 is 0 Å². The molecule has 4 atom stereocenters. The van der Waals surface area contributed by atoms with Gasteiger partial charge in [-0.3, -0.25) is 9.59 Å². The zero-order valence-corrected chi connectivity index (χ0v) is 14.9. The van der Waals surface area contributed by atoms with E-state index in [-0.39, 0.29) is 43.3 Å². The summed E-state index contributed by atoms with van der Waals surface area (Å²) in [7, 11) is 0. The zero-order chi connectivity index (χ0) is 17.6. The van der Waals surface area contributed by atoms with Crippen molar-refractivity contribution in [2.75, 3.05) is 19.8 Å². The molecular weight excluding hydrogens is 298 g/mol. The number of amides is 1. The average molecular weight is 329 g/mol. The molecule has 0 saturated carbocycles. The van der Waals surface area contributed by atoms with Crippen LogP contribution < -0.4 is 5.32 Å². The predicted octanol–water partition coefficient (Wildman–Crippen LogP) is 1.50. The van der Waals surface area contributed by atoms with Crippen molar-refractivity contribution in [3.63, 3.8) is 0 Å². The summed E-state index contributed by atoms with van der Waals surface area (Å²) in [6, 6.07) is 0. The highest BCUT2D eigenvalue weighted by atomic mass is 16.5. The number of hydrogen-bond acceptors (Lipinski definition) is 5. The number of aliphatic hydroxyl groups excluding tert-OH is 1. The lowest BCUT2D eigenvalue weighted by molar-refractivity contribution is -0.154. The molecule has 1 aliphatic rings. The minimum atomic E-state index is -0.632. The van der Waals surface area contributed by atoms with Crippen LogP contribution in [0, 0.1) is 17.3 Å². The van der Waals surface area contributed by atoms with Crippen LogP contribution in [-0.4, -0.2) is 48.9 Å². The molecule has 0 aliphatic carbocycles. The standard InChI is InChI=1S/C17H31NO5/c1-6-17(4,5)16(21)22-8-7-18-14(19)9-13-15(20)12(3)11(2)10-23-13/h11-13,15,20H,6-10H2,1-5H3,(H,18,19). The monoisotopic (exact) mass is 329 g/mol. The van der Waals surface area contributed by atoms with Crippen LogP contribution in [0.5, 0.6) is 0 Å². The molecule has 1 amide bonds. The summed E-state index contributed by atoms with van der Waals surface area (Å²) in [5.74, 6) is -0.0749. The summed E-state index contributed by atoms with van der Waals surface area (Å²) in [5, 5.41) is 12.8. The predicted molar refractivity (Wildman–Crippen MR) is 86.7 cm³/mol. The minimum absolute atomic E-state index is 0.110. The van der Waals surface area contributed by atoms with Gasteiger partial charge < -0.3 is 19.9 Å². The Morgan fingerprint density at radius 2 is 2.00 bits per heavy atom. The Hall–Kier alpha value is -1.14. The van der Waals surface area contributed by atoms with E-state index in [9.17, 15) is 14.7 Å². The molecule has 0 bridgehead atoms. The van der Waals surface area contributed by atoms with E-state index in [1.165, 1.54) is 0 Å². The smallest absolute Gasteiger partial charge is 0.311 e. The third kappa shape index (κ3) is 5.77. The number of carbonyl (C=O) groups is 2. The lowest BCUT2D eigenvalue weighted by Crippen LogP contribution is -2.46. The lowest BCUT2D eigenvalue weighted by Gasteiger charge is -2.37. The van der Waals surface area contributed by atoms with Gasteiger partial charge in [0.05, 0.1) is 30.6 Å². The summed E-state index contributed by atoms with van der Waals surface area (Å²) in [6.45, 7) is 10.6. The van der Waals surface area contributed by atoms with Crippen LogP contribution in [0.3, 0.4) is 0 Å². The SMILES string of the molecule is CCC(C)(C)C(=O)OCCNC(=O)CC1OCC(C)C(C)C1O. The van der Waals surface area contributed by atoms with Crippen molar-refractivity contribution in [1.29, 1.82) is 0 Å². The van der Waals surface area contributed by atoms with Crippen LogP contribution in [0.15, 0.2) is 0 Å². The van der Waals surface area contributed by atoms with Crippen molar-refractivity contribution in [2.45, 2.75) is 59.7 Å². The molecule has 1 aliphatic heterocycles. The second-order valence-corrected chi connectivity index (χ2v) is 7.13. The number of aliphatic hydroxyl groups is 1. The summed E-state index contributed by atoms with van der Waals surface area (Å²) < 4.78 is 10.7. The number of carbonyl (C=O) groups excluding carboxylic acids is 2. The molecule has 0 spiro atoms. The van der Waals surface area contributed by atoms with E-state index in [1.807, 2.05) is 34.6 Å². The molecule has 134 valence electrons. The zero-order valence-electron chi connectivity index (χ0n) is 14.9. The quantitative estimate of drug-likeness (QED) is 0.546. The van der Waals surface area contributed by atoms with Gasteiger partial charge in [0.2, 0.25) is 5.91 Å². The molecule has 2 N–H and O–H groups in total. The van der Waals surface area contributed by atoms with Gasteiger partial charge in [-0.2, -0.15) is 0 Å². The fourth-order valence-electron chi connectivity index (χ4n) is 2.31. The second-order valence-electron chi connectivity index (χ2n) is 7.13. The molecule has 0 radical (unpaired) electrons. The van der Waals surface area contributed by atoms with Crippen molar-refractivity contribution in [2.24, 2.45) is 17.3 Å². The van der Waals surface area contributed by atoms with Crippen LogP contribution in [0.2, 0.25) is 0 Å². The first-order valence-corrected chi connectivity index (χ1v) is 8.42. The van der Waals surface area contributed by atoms with E-state index in [0.29, 0.717) is 13.0 Å². The van der Waals surface area contributed by atoms with E-state index in [0.717, 1.165) is 0 Å². The lowest BCUT2D eigenvalue weighted by atomic mass is 9.85. The molecular formula is C17H31NO5. The third-order valence-electron chi connectivity index (χ3n) is 4.87. The molecule has 23 heavy (non-hydrogen) atoms. The molecule has 1 rings (SSSR count). The fourth-order valence-corrected chi connectivity index (χ4v) is 2.31. The van der Waals surface area contributed by atoms with E-state index < -0.39 is 17.6 Å². The highest BCUT2D eigenvalue weighted by molar-refractivity contribution is 5.77. The van der Waals surface area contributed by atoms with Gasteiger partial charge in [-0.25, -0.2) is 0 Å². The Morgan fingerprint density at radius 3 is 2.61 bits per heavy atom. The fraction of sp³-hybridized carbons (Fsp3) is 0.882. The summed E-state index contributed by atoms with van der Waals surface area (Å²) in [6.07, 6.45) is -0.284. The van der Waals surface area contributed by atoms with Crippen LogP contribution in [0.25, 0.3) is 0 Å². The molecule has 1 fully saturated rings. The van der Waals surface area contributed by atoms with E-state index in [4.69, 9.17) is 9.47 Å². The Bertz CT molecular complexity index is 410. The Kier molecular flexibility index (Phi) is 7.48. The maximum absolute atomic E-state index is 11.9. The van der Waals surface area contributed by atoms with Gasteiger partial charge in [0, 0.05) is 6.61 Å². The van der Waals surface area contributed by atoms with Gasteiger partial charge in [-0.1, -0.05) is 20.8 Å². The van der Waals surface area contributed by atoms with Gasteiger partial charge in [-0.15, -0.1) is 0 Å². The van der Waals surface area contributed by atoms with Crippen LogP contribution >= 0.6 is 0 Å². The third-order valence-corrected chi connectivity index (χ3v) is 4.87. The van der Waals surface area contributed by atoms with Crippen molar-refractivity contribution >= 4 is 11.9 Å². The number of esters is 1. The summed E-state index contributed by atoms with van der Waals surface area (Å²) >= 11 is 0. The normalized spacial score (nSPS) is 28.3. The first-order valence-electron chi connectivity index (χ1n) is 8.42.